The van der Waals surface area contributed by atoms with Crippen LogP contribution in [0, 0.1) is 5.92 Å². The zero-order valence-corrected chi connectivity index (χ0v) is 16.5. The van der Waals surface area contributed by atoms with Gasteiger partial charge in [0.05, 0.1) is 22.8 Å². The molecule has 0 bridgehead atoms. The fourth-order valence-corrected chi connectivity index (χ4v) is 3.53. The summed E-state index contributed by atoms with van der Waals surface area (Å²) in [6, 6.07) is 14.9. The van der Waals surface area contributed by atoms with Crippen LogP contribution < -0.4 is 15.0 Å². The van der Waals surface area contributed by atoms with E-state index in [1.165, 1.54) is 0 Å². The van der Waals surface area contributed by atoms with E-state index in [-0.39, 0.29) is 36.8 Å². The van der Waals surface area contributed by atoms with E-state index in [2.05, 4.69) is 15.3 Å². The molecule has 4 rings (SSSR count). The lowest BCUT2D eigenvalue weighted by atomic mass is 10.0. The number of hydrogen-bond acceptors (Lipinski definition) is 4. The maximum absolute atomic E-state index is 12.7. The van der Waals surface area contributed by atoms with Crippen molar-refractivity contribution < 1.29 is 14.3 Å². The van der Waals surface area contributed by atoms with Crippen LogP contribution in [0.3, 0.4) is 0 Å². The van der Waals surface area contributed by atoms with E-state index < -0.39 is 0 Å². The minimum absolute atomic E-state index is 0.00770. The maximum Gasteiger partial charge on any atom is 0.265 e. The van der Waals surface area contributed by atoms with Crippen molar-refractivity contribution in [3.8, 4) is 5.75 Å². The molecule has 0 fully saturated rings. The van der Waals surface area contributed by atoms with Crippen LogP contribution in [0.25, 0.3) is 11.0 Å². The summed E-state index contributed by atoms with van der Waals surface area (Å²) in [5, 5.41) is 3.07. The number of amides is 2. The minimum Gasteiger partial charge on any atom is -0.482 e. The highest BCUT2D eigenvalue weighted by Crippen LogP contribution is 2.31. The van der Waals surface area contributed by atoms with Gasteiger partial charge in [-0.2, -0.15) is 0 Å². The molecule has 7 heteroatoms. The largest absolute Gasteiger partial charge is 0.482 e. The first-order valence-electron chi connectivity index (χ1n) is 9.79. The van der Waals surface area contributed by atoms with Gasteiger partial charge in [0, 0.05) is 13.0 Å². The zero-order valence-electron chi connectivity index (χ0n) is 16.5. The van der Waals surface area contributed by atoms with Crippen molar-refractivity contribution in [2.45, 2.75) is 26.3 Å². The van der Waals surface area contributed by atoms with Crippen molar-refractivity contribution in [3.05, 3.63) is 54.4 Å². The number of H-pyrrole nitrogens is 1. The Hall–Kier alpha value is -3.35. The topological polar surface area (TPSA) is 87.3 Å². The highest BCUT2D eigenvalue weighted by atomic mass is 16.5. The molecular weight excluding hydrogens is 368 g/mol. The molecule has 1 aliphatic rings. The number of carbonyl (C=O) groups excluding carboxylic acids is 2. The number of aromatic nitrogens is 2. The lowest BCUT2D eigenvalue weighted by Crippen LogP contribution is -2.41. The van der Waals surface area contributed by atoms with E-state index in [1.54, 1.807) is 4.90 Å². The second-order valence-corrected chi connectivity index (χ2v) is 7.48. The highest BCUT2D eigenvalue weighted by Gasteiger charge is 2.27. The minimum atomic E-state index is -0.234. The van der Waals surface area contributed by atoms with Crippen molar-refractivity contribution >= 4 is 28.5 Å². The number of aromatic amines is 1. The summed E-state index contributed by atoms with van der Waals surface area (Å²) < 4.78 is 5.45. The molecule has 0 aliphatic carbocycles. The molecular formula is C22H24N4O3. The molecule has 150 valence electrons. The smallest absolute Gasteiger partial charge is 0.265 e. The fourth-order valence-electron chi connectivity index (χ4n) is 3.53. The van der Waals surface area contributed by atoms with Gasteiger partial charge in [0.25, 0.3) is 5.91 Å². The number of nitrogens with zero attached hydrogens (tertiary/aromatic N) is 2. The SMILES string of the molecule is CC(C)[C@@H](NC(=O)CCN1C(=O)COc2ccccc21)c1nc2ccccc2[nH]1. The predicted molar refractivity (Wildman–Crippen MR) is 111 cm³/mol. The van der Waals surface area contributed by atoms with E-state index in [0.717, 1.165) is 16.9 Å². The fraction of sp³-hybridized carbons (Fsp3) is 0.318. The van der Waals surface area contributed by atoms with Crippen LogP contribution in [0.2, 0.25) is 0 Å². The van der Waals surface area contributed by atoms with Gasteiger partial charge in [0.2, 0.25) is 5.91 Å². The summed E-state index contributed by atoms with van der Waals surface area (Å²) in [4.78, 5) is 34.5. The molecule has 0 spiro atoms. The van der Waals surface area contributed by atoms with Gasteiger partial charge >= 0.3 is 0 Å². The third kappa shape index (κ3) is 3.94. The quantitative estimate of drug-likeness (QED) is 0.674. The number of anilines is 1. The normalized spacial score (nSPS) is 14.6. The number of carbonyl (C=O) groups is 2. The first kappa shape index (κ1) is 19.0. The molecule has 7 nitrogen and oxygen atoms in total. The molecule has 0 saturated carbocycles. The number of rotatable bonds is 6. The molecule has 1 aromatic heterocycles. The average molecular weight is 392 g/mol. The Morgan fingerprint density at radius 2 is 1.97 bits per heavy atom. The number of fused-ring (bicyclic) bond motifs is 2. The van der Waals surface area contributed by atoms with Crippen molar-refractivity contribution in [2.24, 2.45) is 5.92 Å². The van der Waals surface area contributed by atoms with E-state index in [1.807, 2.05) is 62.4 Å². The highest BCUT2D eigenvalue weighted by molar-refractivity contribution is 5.98. The summed E-state index contributed by atoms with van der Waals surface area (Å²) in [5.74, 6) is 1.29. The first-order valence-corrected chi connectivity index (χ1v) is 9.79. The van der Waals surface area contributed by atoms with Crippen LogP contribution in [-0.4, -0.2) is 34.9 Å². The van der Waals surface area contributed by atoms with Gasteiger partial charge < -0.3 is 19.9 Å². The Bertz CT molecular complexity index is 1010. The predicted octanol–water partition coefficient (Wildman–Crippen LogP) is 3.19. The Morgan fingerprint density at radius 3 is 2.76 bits per heavy atom. The van der Waals surface area contributed by atoms with Crippen LogP contribution in [0.1, 0.15) is 32.1 Å². The van der Waals surface area contributed by atoms with Crippen molar-refractivity contribution in [1.29, 1.82) is 0 Å². The Balaban J connectivity index is 1.45. The molecule has 29 heavy (non-hydrogen) atoms. The number of ether oxygens (including phenoxy) is 1. The van der Waals surface area contributed by atoms with Gasteiger partial charge in [-0.3, -0.25) is 9.59 Å². The molecule has 2 N–H and O–H groups in total. The van der Waals surface area contributed by atoms with Gasteiger partial charge in [-0.05, 0) is 30.2 Å². The van der Waals surface area contributed by atoms with Crippen molar-refractivity contribution in [1.82, 2.24) is 15.3 Å². The Morgan fingerprint density at radius 1 is 1.21 bits per heavy atom. The van der Waals surface area contributed by atoms with E-state index in [9.17, 15) is 9.59 Å². The lowest BCUT2D eigenvalue weighted by Gasteiger charge is -2.29. The molecule has 1 aliphatic heterocycles. The van der Waals surface area contributed by atoms with Crippen LogP contribution in [0.4, 0.5) is 5.69 Å². The summed E-state index contributed by atoms with van der Waals surface area (Å²) in [5.41, 5.74) is 2.52. The van der Waals surface area contributed by atoms with Crippen molar-refractivity contribution in [3.63, 3.8) is 0 Å². The number of hydrogen-bond donors (Lipinski definition) is 2. The average Bonchev–Trinajstić information content (AvgIpc) is 3.14. The van der Waals surface area contributed by atoms with Crippen LogP contribution in [0.15, 0.2) is 48.5 Å². The molecule has 0 radical (unpaired) electrons. The second-order valence-electron chi connectivity index (χ2n) is 7.48. The standard InChI is InChI=1S/C22H24N4O3/c1-14(2)21(22-23-15-7-3-4-8-16(15)24-22)25-19(27)11-12-26-17-9-5-6-10-18(17)29-13-20(26)28/h3-10,14,21H,11-13H2,1-2H3,(H,23,24)(H,25,27)/t21-/m1/s1. The summed E-state index contributed by atoms with van der Waals surface area (Å²) in [7, 11) is 0. The van der Waals surface area contributed by atoms with Gasteiger partial charge in [0.15, 0.2) is 6.61 Å². The molecule has 2 amide bonds. The second kappa shape index (κ2) is 7.95. The van der Waals surface area contributed by atoms with E-state index >= 15 is 0 Å². The maximum atomic E-state index is 12.7. The van der Waals surface area contributed by atoms with Crippen molar-refractivity contribution in [2.75, 3.05) is 18.1 Å². The molecule has 0 saturated heterocycles. The monoisotopic (exact) mass is 392 g/mol. The summed E-state index contributed by atoms with van der Waals surface area (Å²) >= 11 is 0. The third-order valence-corrected chi connectivity index (χ3v) is 5.06. The van der Waals surface area contributed by atoms with Crippen LogP contribution in [0.5, 0.6) is 5.75 Å². The van der Waals surface area contributed by atoms with Crippen LogP contribution in [-0.2, 0) is 9.59 Å². The number of benzene rings is 2. The Kier molecular flexibility index (Phi) is 5.20. The van der Waals surface area contributed by atoms with Gasteiger partial charge in [-0.15, -0.1) is 0 Å². The number of imidazole rings is 1. The number of nitrogens with one attached hydrogen (secondary N) is 2. The summed E-state index contributed by atoms with van der Waals surface area (Å²) in [6.07, 6.45) is 0.198. The molecule has 3 aromatic rings. The lowest BCUT2D eigenvalue weighted by molar-refractivity contribution is -0.122. The zero-order chi connectivity index (χ0) is 20.4. The van der Waals surface area contributed by atoms with Gasteiger partial charge in [0.1, 0.15) is 11.6 Å². The van der Waals surface area contributed by atoms with Gasteiger partial charge in [-0.1, -0.05) is 38.1 Å². The van der Waals surface area contributed by atoms with Gasteiger partial charge in [-0.25, -0.2) is 4.98 Å². The molecule has 1 atom stereocenters. The third-order valence-electron chi connectivity index (χ3n) is 5.06. The first-order chi connectivity index (χ1) is 14.0. The Labute approximate surface area is 169 Å². The number of para-hydroxylation sites is 4. The molecule has 2 heterocycles. The van der Waals surface area contributed by atoms with E-state index in [4.69, 9.17) is 4.74 Å². The molecule has 0 unspecified atom stereocenters. The van der Waals surface area contributed by atoms with Crippen LogP contribution >= 0.6 is 0 Å². The van der Waals surface area contributed by atoms with E-state index in [0.29, 0.717) is 18.0 Å². The summed E-state index contributed by atoms with van der Waals surface area (Å²) in [6.45, 7) is 4.38. The molecule has 2 aromatic carbocycles.